The van der Waals surface area contributed by atoms with Crippen LogP contribution in [0.25, 0.3) is 10.2 Å². The average Bonchev–Trinajstić information content (AvgIpc) is 2.74. The van der Waals surface area contributed by atoms with Gasteiger partial charge in [0, 0.05) is 5.02 Å². The maximum atomic E-state index is 12.1. The summed E-state index contributed by atoms with van der Waals surface area (Å²) in [7, 11) is 0. The van der Waals surface area contributed by atoms with Crippen LogP contribution in [0.15, 0.2) is 23.0 Å². The molecule has 2 atom stereocenters. The van der Waals surface area contributed by atoms with Crippen LogP contribution < -0.4 is 4.87 Å². The van der Waals surface area contributed by atoms with Gasteiger partial charge in [-0.3, -0.25) is 14.3 Å². The van der Waals surface area contributed by atoms with Gasteiger partial charge in [-0.2, -0.15) is 25.3 Å². The highest BCUT2D eigenvalue weighted by Gasteiger charge is 2.22. The highest BCUT2D eigenvalue weighted by atomic mass is 35.5. The standard InChI is InChI=1S/C14H17ClN2O3S3/c1-8(21)17(9(2)22)13(18)20-6-5-16-11-7-10(15)3-4-12(11)23-14(16)19/h3-4,7-9,21-22H,5-6H2,1-2H3. The summed E-state index contributed by atoms with van der Waals surface area (Å²) in [6, 6.07) is 5.28. The highest BCUT2D eigenvalue weighted by molar-refractivity contribution is 7.81. The van der Waals surface area contributed by atoms with Crippen molar-refractivity contribution >= 4 is 64.5 Å². The molecule has 2 aromatic rings. The second kappa shape index (κ2) is 7.83. The van der Waals surface area contributed by atoms with Gasteiger partial charge in [-0.1, -0.05) is 22.9 Å². The van der Waals surface area contributed by atoms with E-state index in [2.05, 4.69) is 25.3 Å². The van der Waals surface area contributed by atoms with E-state index in [1.54, 1.807) is 36.6 Å². The van der Waals surface area contributed by atoms with Crippen molar-refractivity contribution in [3.63, 3.8) is 0 Å². The van der Waals surface area contributed by atoms with E-state index in [4.69, 9.17) is 16.3 Å². The van der Waals surface area contributed by atoms with E-state index in [0.29, 0.717) is 5.02 Å². The summed E-state index contributed by atoms with van der Waals surface area (Å²) in [4.78, 5) is 25.4. The van der Waals surface area contributed by atoms with Crippen molar-refractivity contribution in [1.82, 2.24) is 9.47 Å². The van der Waals surface area contributed by atoms with Crippen molar-refractivity contribution in [2.75, 3.05) is 6.61 Å². The number of amides is 1. The molecule has 0 radical (unpaired) electrons. The minimum Gasteiger partial charge on any atom is -0.447 e. The Bertz CT molecular complexity index is 749. The van der Waals surface area contributed by atoms with Crippen LogP contribution in [0.2, 0.25) is 5.02 Å². The van der Waals surface area contributed by atoms with Gasteiger partial charge in [-0.25, -0.2) is 4.79 Å². The molecular weight excluding hydrogens is 376 g/mol. The van der Waals surface area contributed by atoms with E-state index >= 15 is 0 Å². The molecule has 0 bridgehead atoms. The third kappa shape index (κ3) is 4.37. The number of halogens is 1. The first-order valence-electron chi connectivity index (χ1n) is 6.91. The largest absolute Gasteiger partial charge is 0.447 e. The van der Waals surface area contributed by atoms with Crippen molar-refractivity contribution in [2.24, 2.45) is 0 Å². The van der Waals surface area contributed by atoms with Crippen LogP contribution in [0.4, 0.5) is 4.79 Å². The van der Waals surface area contributed by atoms with Crippen LogP contribution in [-0.2, 0) is 11.3 Å². The molecule has 0 aliphatic carbocycles. The molecule has 0 N–H and O–H groups in total. The lowest BCUT2D eigenvalue weighted by molar-refractivity contribution is 0.0959. The number of ether oxygens (including phenoxy) is 1. The van der Waals surface area contributed by atoms with Gasteiger partial charge in [0.15, 0.2) is 0 Å². The first kappa shape index (κ1) is 18.5. The van der Waals surface area contributed by atoms with Gasteiger partial charge in [-0.15, -0.1) is 0 Å². The summed E-state index contributed by atoms with van der Waals surface area (Å²) < 4.78 is 7.64. The zero-order valence-electron chi connectivity index (χ0n) is 12.6. The molecule has 23 heavy (non-hydrogen) atoms. The van der Waals surface area contributed by atoms with Crippen LogP contribution in [0.5, 0.6) is 0 Å². The lowest BCUT2D eigenvalue weighted by Gasteiger charge is -2.28. The van der Waals surface area contributed by atoms with Gasteiger partial charge >= 0.3 is 11.0 Å². The van der Waals surface area contributed by atoms with E-state index in [-0.39, 0.29) is 28.8 Å². The van der Waals surface area contributed by atoms with Crippen molar-refractivity contribution in [2.45, 2.75) is 31.1 Å². The van der Waals surface area contributed by atoms with Crippen LogP contribution in [0.1, 0.15) is 13.8 Å². The quantitative estimate of drug-likeness (QED) is 0.602. The van der Waals surface area contributed by atoms with Gasteiger partial charge in [-0.05, 0) is 32.0 Å². The first-order valence-corrected chi connectivity index (χ1v) is 9.14. The molecule has 2 unspecified atom stereocenters. The molecule has 1 aromatic carbocycles. The van der Waals surface area contributed by atoms with Gasteiger partial charge in [0.1, 0.15) is 6.61 Å². The number of hydrogen-bond donors (Lipinski definition) is 2. The number of hydrogen-bond acceptors (Lipinski definition) is 6. The molecule has 9 heteroatoms. The van der Waals surface area contributed by atoms with E-state index in [1.807, 2.05) is 0 Å². The molecule has 126 valence electrons. The maximum Gasteiger partial charge on any atom is 0.411 e. The molecule has 1 heterocycles. The molecule has 0 fully saturated rings. The Morgan fingerprint density at radius 2 is 2.04 bits per heavy atom. The molecule has 0 saturated heterocycles. The molecule has 1 amide bonds. The van der Waals surface area contributed by atoms with E-state index in [0.717, 1.165) is 21.6 Å². The van der Waals surface area contributed by atoms with Gasteiger partial charge in [0.05, 0.1) is 27.5 Å². The summed E-state index contributed by atoms with van der Waals surface area (Å²) in [5.74, 6) is 0. The minimum atomic E-state index is -0.513. The number of thiol groups is 2. The summed E-state index contributed by atoms with van der Waals surface area (Å²) >= 11 is 15.6. The molecule has 0 spiro atoms. The number of nitrogens with zero attached hydrogens (tertiary/aromatic N) is 2. The van der Waals surface area contributed by atoms with Crippen molar-refractivity contribution in [3.8, 4) is 0 Å². The number of rotatable bonds is 5. The predicted molar refractivity (Wildman–Crippen MR) is 101 cm³/mol. The summed E-state index contributed by atoms with van der Waals surface area (Å²) in [6.45, 7) is 3.86. The molecule has 5 nitrogen and oxygen atoms in total. The number of carbonyl (C=O) groups is 1. The topological polar surface area (TPSA) is 51.5 Å². The van der Waals surface area contributed by atoms with E-state index in [1.165, 1.54) is 4.90 Å². The number of aromatic nitrogens is 1. The fraction of sp³-hybridized carbons (Fsp3) is 0.429. The predicted octanol–water partition coefficient (Wildman–Crippen LogP) is 3.71. The number of thiazole rings is 1. The molecule has 0 aliphatic heterocycles. The minimum absolute atomic E-state index is 0.0780. The number of carbonyl (C=O) groups excluding carboxylic acids is 1. The Morgan fingerprint density at radius 3 is 2.65 bits per heavy atom. The fourth-order valence-corrected chi connectivity index (χ4v) is 3.92. The van der Waals surface area contributed by atoms with Crippen LogP contribution in [0, 0.1) is 0 Å². The van der Waals surface area contributed by atoms with Crippen molar-refractivity contribution < 1.29 is 9.53 Å². The Morgan fingerprint density at radius 1 is 1.39 bits per heavy atom. The van der Waals surface area contributed by atoms with Crippen LogP contribution in [0.3, 0.4) is 0 Å². The van der Waals surface area contributed by atoms with Gasteiger partial charge < -0.3 is 4.74 Å². The third-order valence-corrected chi connectivity index (χ3v) is 4.88. The second-order valence-electron chi connectivity index (χ2n) is 4.92. The highest BCUT2D eigenvalue weighted by Crippen LogP contribution is 2.21. The second-order valence-corrected chi connectivity index (χ2v) is 7.84. The zero-order valence-corrected chi connectivity index (χ0v) is 16.0. The third-order valence-electron chi connectivity index (χ3n) is 3.19. The summed E-state index contributed by atoms with van der Waals surface area (Å²) in [5.41, 5.74) is 0.741. The number of fused-ring (bicyclic) bond motifs is 1. The Kier molecular flexibility index (Phi) is 6.30. The van der Waals surface area contributed by atoms with Crippen molar-refractivity contribution in [3.05, 3.63) is 32.9 Å². The SMILES string of the molecule is CC(S)N(C(=O)OCCn1c(=O)sc2ccc(Cl)cc21)C(C)S. The smallest absolute Gasteiger partial charge is 0.411 e. The zero-order chi connectivity index (χ0) is 17.1. The fourth-order valence-electron chi connectivity index (χ4n) is 2.16. The van der Waals surface area contributed by atoms with Crippen molar-refractivity contribution in [1.29, 1.82) is 0 Å². The molecule has 2 rings (SSSR count). The monoisotopic (exact) mass is 392 g/mol. The Hall–Kier alpha value is -0.830. The van der Waals surface area contributed by atoms with Crippen LogP contribution >= 0.6 is 48.2 Å². The normalized spacial score (nSPS) is 13.8. The molecule has 1 aromatic heterocycles. The molecule has 0 saturated carbocycles. The lowest BCUT2D eigenvalue weighted by atomic mass is 10.3. The summed E-state index contributed by atoms with van der Waals surface area (Å²) in [6.07, 6.45) is -0.513. The average molecular weight is 393 g/mol. The molecule has 0 aliphatic rings. The van der Waals surface area contributed by atoms with E-state index in [9.17, 15) is 9.59 Å². The first-order chi connectivity index (χ1) is 10.8. The van der Waals surface area contributed by atoms with Gasteiger partial charge in [0.25, 0.3) is 0 Å². The van der Waals surface area contributed by atoms with Gasteiger partial charge in [0.2, 0.25) is 0 Å². The number of benzene rings is 1. The summed E-state index contributed by atoms with van der Waals surface area (Å²) in [5, 5.41) is -0.0861. The van der Waals surface area contributed by atoms with Crippen LogP contribution in [-0.4, -0.2) is 32.9 Å². The maximum absolute atomic E-state index is 12.1. The Balaban J connectivity index is 2.07. The lowest BCUT2D eigenvalue weighted by Crippen LogP contribution is -2.40. The molecular formula is C14H17ClN2O3S3. The Labute approximate surface area is 154 Å². The van der Waals surface area contributed by atoms with E-state index < -0.39 is 6.09 Å².